The molecular weight excluding hydrogens is 314 g/mol. The SMILES string of the molecule is CCNC(=NCC(=O)N(C)C)NC1CCN(Cc2ccccc2)CC1. The molecule has 2 rings (SSSR count). The maximum atomic E-state index is 11.7. The molecule has 0 spiro atoms. The first-order chi connectivity index (χ1) is 12.1. The summed E-state index contributed by atoms with van der Waals surface area (Å²) in [4.78, 5) is 20.2. The first-order valence-corrected chi connectivity index (χ1v) is 9.09. The van der Waals surface area contributed by atoms with Crippen LogP contribution >= 0.6 is 0 Å². The summed E-state index contributed by atoms with van der Waals surface area (Å²) in [7, 11) is 3.50. The number of aliphatic imine (C=N–C) groups is 1. The van der Waals surface area contributed by atoms with Gasteiger partial charge in [0.05, 0.1) is 0 Å². The Hall–Kier alpha value is -2.08. The second kappa shape index (κ2) is 10.0. The van der Waals surface area contributed by atoms with Gasteiger partial charge in [-0.15, -0.1) is 0 Å². The maximum Gasteiger partial charge on any atom is 0.243 e. The van der Waals surface area contributed by atoms with Crippen LogP contribution in [-0.2, 0) is 11.3 Å². The second-order valence-corrected chi connectivity index (χ2v) is 6.66. The Bertz CT molecular complexity index is 550. The zero-order chi connectivity index (χ0) is 18.1. The van der Waals surface area contributed by atoms with Crippen molar-refractivity contribution >= 4 is 11.9 Å². The van der Waals surface area contributed by atoms with E-state index in [0.717, 1.165) is 45.0 Å². The fourth-order valence-electron chi connectivity index (χ4n) is 2.88. The van der Waals surface area contributed by atoms with E-state index in [1.165, 1.54) is 5.56 Å². The van der Waals surface area contributed by atoms with E-state index in [-0.39, 0.29) is 12.5 Å². The van der Waals surface area contributed by atoms with Gasteiger partial charge in [0.1, 0.15) is 6.54 Å². The van der Waals surface area contributed by atoms with Gasteiger partial charge in [-0.25, -0.2) is 4.99 Å². The number of hydrogen-bond donors (Lipinski definition) is 2. The van der Waals surface area contributed by atoms with E-state index < -0.39 is 0 Å². The summed E-state index contributed by atoms with van der Waals surface area (Å²) < 4.78 is 0. The summed E-state index contributed by atoms with van der Waals surface area (Å²) in [5.41, 5.74) is 1.37. The Balaban J connectivity index is 1.80. The van der Waals surface area contributed by atoms with E-state index in [0.29, 0.717) is 6.04 Å². The van der Waals surface area contributed by atoms with Crippen molar-refractivity contribution in [3.05, 3.63) is 35.9 Å². The van der Waals surface area contributed by atoms with E-state index in [4.69, 9.17) is 0 Å². The van der Waals surface area contributed by atoms with Gasteiger partial charge in [-0.1, -0.05) is 30.3 Å². The van der Waals surface area contributed by atoms with Crippen LogP contribution in [0.3, 0.4) is 0 Å². The molecule has 0 aromatic heterocycles. The number of likely N-dealkylation sites (tertiary alicyclic amines) is 1. The normalized spacial score (nSPS) is 16.5. The molecule has 0 saturated carbocycles. The third kappa shape index (κ3) is 6.74. The van der Waals surface area contributed by atoms with Crippen molar-refractivity contribution in [1.29, 1.82) is 0 Å². The molecule has 2 N–H and O–H groups in total. The van der Waals surface area contributed by atoms with Crippen LogP contribution in [0.25, 0.3) is 0 Å². The first kappa shape index (κ1) is 19.2. The highest BCUT2D eigenvalue weighted by Gasteiger charge is 2.20. The van der Waals surface area contributed by atoms with Gasteiger partial charge in [-0.05, 0) is 25.3 Å². The zero-order valence-corrected chi connectivity index (χ0v) is 15.7. The van der Waals surface area contributed by atoms with Gasteiger partial charge in [-0.3, -0.25) is 9.69 Å². The van der Waals surface area contributed by atoms with Crippen molar-refractivity contribution in [2.75, 3.05) is 40.3 Å². The molecule has 138 valence electrons. The largest absolute Gasteiger partial charge is 0.357 e. The van der Waals surface area contributed by atoms with Crippen LogP contribution in [0.5, 0.6) is 0 Å². The first-order valence-electron chi connectivity index (χ1n) is 9.09. The summed E-state index contributed by atoms with van der Waals surface area (Å²) in [6, 6.07) is 11.0. The number of rotatable bonds is 6. The Labute approximate surface area is 151 Å². The molecule has 0 radical (unpaired) electrons. The van der Waals surface area contributed by atoms with E-state index in [1.807, 2.05) is 6.92 Å². The van der Waals surface area contributed by atoms with Crippen LogP contribution in [0.1, 0.15) is 25.3 Å². The number of benzene rings is 1. The molecule has 1 heterocycles. The molecule has 1 amide bonds. The predicted molar refractivity (Wildman–Crippen MR) is 103 cm³/mol. The van der Waals surface area contributed by atoms with Gasteiger partial charge in [0.15, 0.2) is 5.96 Å². The quantitative estimate of drug-likeness (QED) is 0.603. The summed E-state index contributed by atoms with van der Waals surface area (Å²) in [5, 5.41) is 6.71. The number of likely N-dealkylation sites (N-methyl/N-ethyl adjacent to an activating group) is 1. The van der Waals surface area contributed by atoms with Crippen LogP contribution in [0, 0.1) is 0 Å². The van der Waals surface area contributed by atoms with E-state index >= 15 is 0 Å². The molecule has 1 aliphatic heterocycles. The van der Waals surface area contributed by atoms with Crippen molar-refractivity contribution in [3.8, 4) is 0 Å². The highest BCUT2D eigenvalue weighted by atomic mass is 16.2. The number of carbonyl (C=O) groups excluding carboxylic acids is 1. The standard InChI is InChI=1S/C19H31N5O/c1-4-20-19(21-14-18(25)23(2)3)22-17-10-12-24(13-11-17)15-16-8-6-5-7-9-16/h5-9,17H,4,10-15H2,1-3H3,(H2,20,21,22). The molecule has 1 saturated heterocycles. The third-order valence-corrected chi connectivity index (χ3v) is 4.39. The number of amides is 1. The fraction of sp³-hybridized carbons (Fsp3) is 0.579. The summed E-state index contributed by atoms with van der Waals surface area (Å²) in [6.07, 6.45) is 2.16. The van der Waals surface area contributed by atoms with Crippen LogP contribution in [0.4, 0.5) is 0 Å². The second-order valence-electron chi connectivity index (χ2n) is 6.66. The number of guanidine groups is 1. The number of nitrogens with zero attached hydrogens (tertiary/aromatic N) is 3. The van der Waals surface area contributed by atoms with E-state index in [9.17, 15) is 4.79 Å². The van der Waals surface area contributed by atoms with Gasteiger partial charge >= 0.3 is 0 Å². The van der Waals surface area contributed by atoms with Gasteiger partial charge in [0.2, 0.25) is 5.91 Å². The van der Waals surface area contributed by atoms with Gasteiger partial charge < -0.3 is 15.5 Å². The highest BCUT2D eigenvalue weighted by molar-refractivity contribution is 5.84. The van der Waals surface area contributed by atoms with Crippen molar-refractivity contribution in [1.82, 2.24) is 20.4 Å². The summed E-state index contributed by atoms with van der Waals surface area (Å²) in [5.74, 6) is 0.745. The van der Waals surface area contributed by atoms with Crippen LogP contribution in [0.15, 0.2) is 35.3 Å². The average molecular weight is 345 g/mol. The van der Waals surface area contributed by atoms with Gasteiger partial charge in [-0.2, -0.15) is 0 Å². The lowest BCUT2D eigenvalue weighted by Crippen LogP contribution is -2.48. The maximum absolute atomic E-state index is 11.7. The zero-order valence-electron chi connectivity index (χ0n) is 15.7. The van der Waals surface area contributed by atoms with E-state index in [2.05, 4.69) is 50.9 Å². The lowest BCUT2D eigenvalue weighted by atomic mass is 10.0. The Morgan fingerprint density at radius 1 is 1.24 bits per heavy atom. The van der Waals surface area contributed by atoms with Crippen molar-refractivity contribution in [2.45, 2.75) is 32.4 Å². The number of nitrogens with one attached hydrogen (secondary N) is 2. The minimum absolute atomic E-state index is 0.00915. The molecule has 1 aliphatic rings. The minimum atomic E-state index is 0.00915. The molecule has 1 aromatic rings. The monoisotopic (exact) mass is 345 g/mol. The molecule has 6 heteroatoms. The lowest BCUT2D eigenvalue weighted by molar-refractivity contribution is -0.127. The van der Waals surface area contributed by atoms with Crippen LogP contribution in [0.2, 0.25) is 0 Å². The molecule has 1 aromatic carbocycles. The third-order valence-electron chi connectivity index (χ3n) is 4.39. The molecule has 1 fully saturated rings. The number of piperidine rings is 1. The molecule has 25 heavy (non-hydrogen) atoms. The summed E-state index contributed by atoms with van der Waals surface area (Å²) >= 11 is 0. The fourth-order valence-corrected chi connectivity index (χ4v) is 2.88. The van der Waals surface area contributed by atoms with Crippen molar-refractivity contribution in [3.63, 3.8) is 0 Å². The van der Waals surface area contributed by atoms with Crippen LogP contribution in [-0.4, -0.2) is 68.0 Å². The molecular formula is C19H31N5O. The summed E-state index contributed by atoms with van der Waals surface area (Å²) in [6.45, 7) is 6.15. The Morgan fingerprint density at radius 2 is 1.92 bits per heavy atom. The number of hydrogen-bond acceptors (Lipinski definition) is 3. The predicted octanol–water partition coefficient (Wildman–Crippen LogP) is 1.29. The topological polar surface area (TPSA) is 60.0 Å². The molecule has 0 unspecified atom stereocenters. The molecule has 6 nitrogen and oxygen atoms in total. The van der Waals surface area contributed by atoms with Crippen molar-refractivity contribution in [2.24, 2.45) is 4.99 Å². The van der Waals surface area contributed by atoms with Gasteiger partial charge in [0, 0.05) is 46.3 Å². The van der Waals surface area contributed by atoms with E-state index in [1.54, 1.807) is 19.0 Å². The highest BCUT2D eigenvalue weighted by Crippen LogP contribution is 2.13. The molecule has 0 aliphatic carbocycles. The Kier molecular flexibility index (Phi) is 7.73. The molecule has 0 bridgehead atoms. The van der Waals surface area contributed by atoms with Crippen molar-refractivity contribution < 1.29 is 4.79 Å². The molecule has 0 atom stereocenters. The van der Waals surface area contributed by atoms with Gasteiger partial charge in [0.25, 0.3) is 0 Å². The Morgan fingerprint density at radius 3 is 2.52 bits per heavy atom. The van der Waals surface area contributed by atoms with Crippen LogP contribution < -0.4 is 10.6 Å². The minimum Gasteiger partial charge on any atom is -0.357 e. The lowest BCUT2D eigenvalue weighted by Gasteiger charge is -2.33. The average Bonchev–Trinajstić information content (AvgIpc) is 2.62. The smallest absolute Gasteiger partial charge is 0.243 e. The number of carbonyl (C=O) groups is 1.